The quantitative estimate of drug-likeness (QED) is 0.570. The Morgan fingerprint density at radius 1 is 1.59 bits per heavy atom. The van der Waals surface area contributed by atoms with Crippen molar-refractivity contribution in [3.05, 3.63) is 10.1 Å². The minimum atomic E-state index is -1.43. The molecule has 1 heterocycles. The SMILES string of the molecule is CC(C)(C)OC(=O)N1CCC(O)(C[N+](=O)[O-])C1. The fourth-order valence-corrected chi connectivity index (χ4v) is 1.71. The van der Waals surface area contributed by atoms with Crippen LogP contribution in [0.4, 0.5) is 4.79 Å². The van der Waals surface area contributed by atoms with E-state index >= 15 is 0 Å². The van der Waals surface area contributed by atoms with Gasteiger partial charge in [-0.25, -0.2) is 4.79 Å². The first-order valence-electron chi connectivity index (χ1n) is 5.43. The molecule has 1 unspecified atom stereocenters. The van der Waals surface area contributed by atoms with Gasteiger partial charge in [-0.1, -0.05) is 0 Å². The molecule has 0 bridgehead atoms. The Balaban J connectivity index is 2.55. The maximum Gasteiger partial charge on any atom is 0.410 e. The van der Waals surface area contributed by atoms with E-state index in [0.717, 1.165) is 0 Å². The molecule has 1 atom stereocenters. The number of ether oxygens (including phenoxy) is 1. The van der Waals surface area contributed by atoms with E-state index in [1.54, 1.807) is 20.8 Å². The lowest BCUT2D eigenvalue weighted by Gasteiger charge is -2.25. The van der Waals surface area contributed by atoms with Gasteiger partial charge in [-0.05, 0) is 20.8 Å². The van der Waals surface area contributed by atoms with Crippen LogP contribution in [0.15, 0.2) is 0 Å². The summed E-state index contributed by atoms with van der Waals surface area (Å²) in [6.45, 7) is 4.90. The van der Waals surface area contributed by atoms with Crippen molar-refractivity contribution < 1.29 is 19.6 Å². The highest BCUT2D eigenvalue weighted by atomic mass is 16.6. The monoisotopic (exact) mass is 246 g/mol. The number of β-amino-alcohol motifs (C(OH)–C–C–N with tert-alkyl or cyclic N) is 1. The lowest BCUT2D eigenvalue weighted by molar-refractivity contribution is -0.499. The smallest absolute Gasteiger partial charge is 0.410 e. The molecule has 0 spiro atoms. The molecule has 0 aliphatic carbocycles. The summed E-state index contributed by atoms with van der Waals surface area (Å²) in [5, 5.41) is 20.3. The van der Waals surface area contributed by atoms with Crippen molar-refractivity contribution in [1.29, 1.82) is 0 Å². The van der Waals surface area contributed by atoms with Gasteiger partial charge in [-0.3, -0.25) is 10.1 Å². The Morgan fingerprint density at radius 2 is 2.18 bits per heavy atom. The van der Waals surface area contributed by atoms with Crippen LogP contribution >= 0.6 is 0 Å². The Bertz CT molecular complexity index is 325. The van der Waals surface area contributed by atoms with Crippen molar-refractivity contribution in [1.82, 2.24) is 4.90 Å². The largest absolute Gasteiger partial charge is 0.444 e. The van der Waals surface area contributed by atoms with Gasteiger partial charge in [0.25, 0.3) is 0 Å². The molecule has 0 radical (unpaired) electrons. The molecule has 98 valence electrons. The van der Waals surface area contributed by atoms with Gasteiger partial charge in [-0.15, -0.1) is 0 Å². The first-order valence-corrected chi connectivity index (χ1v) is 5.43. The molecule has 17 heavy (non-hydrogen) atoms. The molecule has 1 fully saturated rings. The number of nitro groups is 1. The van der Waals surface area contributed by atoms with Gasteiger partial charge in [0.15, 0.2) is 0 Å². The van der Waals surface area contributed by atoms with Crippen LogP contribution in [-0.4, -0.2) is 51.9 Å². The first-order chi connectivity index (χ1) is 7.61. The molecular formula is C10H18N2O5. The van der Waals surface area contributed by atoms with Gasteiger partial charge < -0.3 is 14.7 Å². The molecule has 0 saturated carbocycles. The fourth-order valence-electron chi connectivity index (χ4n) is 1.71. The maximum atomic E-state index is 11.7. The van der Waals surface area contributed by atoms with E-state index < -0.39 is 28.8 Å². The average Bonchev–Trinajstić information content (AvgIpc) is 2.43. The molecule has 0 aromatic heterocycles. The van der Waals surface area contributed by atoms with E-state index in [1.807, 2.05) is 0 Å². The van der Waals surface area contributed by atoms with Gasteiger partial charge in [0, 0.05) is 17.9 Å². The minimum Gasteiger partial charge on any atom is -0.444 e. The van der Waals surface area contributed by atoms with Crippen LogP contribution < -0.4 is 0 Å². The third kappa shape index (κ3) is 4.18. The Morgan fingerprint density at radius 3 is 2.65 bits per heavy atom. The maximum absolute atomic E-state index is 11.7. The van der Waals surface area contributed by atoms with Crippen LogP contribution in [-0.2, 0) is 4.74 Å². The first kappa shape index (κ1) is 13.7. The van der Waals surface area contributed by atoms with Crippen molar-refractivity contribution >= 4 is 6.09 Å². The van der Waals surface area contributed by atoms with E-state index in [1.165, 1.54) is 4.90 Å². The van der Waals surface area contributed by atoms with Crippen molar-refractivity contribution in [2.75, 3.05) is 19.6 Å². The summed E-state index contributed by atoms with van der Waals surface area (Å²) in [5.74, 6) is 0. The number of likely N-dealkylation sites (tertiary alicyclic amines) is 1. The zero-order chi connectivity index (χ0) is 13.3. The van der Waals surface area contributed by atoms with Crippen molar-refractivity contribution in [3.63, 3.8) is 0 Å². The van der Waals surface area contributed by atoms with Gasteiger partial charge in [0.2, 0.25) is 6.54 Å². The lowest BCUT2D eigenvalue weighted by Crippen LogP contribution is -2.42. The van der Waals surface area contributed by atoms with E-state index in [4.69, 9.17) is 4.74 Å². The van der Waals surface area contributed by atoms with Crippen LogP contribution in [0.5, 0.6) is 0 Å². The highest BCUT2D eigenvalue weighted by molar-refractivity contribution is 5.68. The number of rotatable bonds is 2. The highest BCUT2D eigenvalue weighted by Crippen LogP contribution is 2.23. The van der Waals surface area contributed by atoms with Crippen LogP contribution in [0.3, 0.4) is 0 Å². The number of carbonyl (C=O) groups is 1. The summed E-state index contributed by atoms with van der Waals surface area (Å²) in [4.78, 5) is 22.8. The number of hydrogen-bond donors (Lipinski definition) is 1. The Labute approximate surface area is 99.5 Å². The van der Waals surface area contributed by atoms with E-state index in [0.29, 0.717) is 0 Å². The topological polar surface area (TPSA) is 92.9 Å². The molecule has 1 amide bonds. The molecule has 1 aliphatic rings. The molecule has 0 aromatic carbocycles. The summed E-state index contributed by atoms with van der Waals surface area (Å²) in [5.41, 5.74) is -2.04. The van der Waals surface area contributed by atoms with Crippen molar-refractivity contribution in [3.8, 4) is 0 Å². The summed E-state index contributed by atoms with van der Waals surface area (Å²) >= 11 is 0. The third-order valence-electron chi connectivity index (χ3n) is 2.41. The molecule has 1 N–H and O–H groups in total. The summed E-state index contributed by atoms with van der Waals surface area (Å²) in [7, 11) is 0. The molecule has 7 heteroatoms. The molecule has 1 saturated heterocycles. The van der Waals surface area contributed by atoms with Gasteiger partial charge in [0.05, 0.1) is 6.54 Å². The minimum absolute atomic E-state index is 0.0527. The predicted octanol–water partition coefficient (Wildman–Crippen LogP) is 0.635. The second kappa shape index (κ2) is 4.48. The van der Waals surface area contributed by atoms with E-state index in [2.05, 4.69) is 0 Å². The zero-order valence-electron chi connectivity index (χ0n) is 10.3. The second-order valence-corrected chi connectivity index (χ2v) is 5.37. The second-order valence-electron chi connectivity index (χ2n) is 5.37. The highest BCUT2D eigenvalue weighted by Gasteiger charge is 2.43. The molecule has 0 aromatic rings. The molecule has 1 rings (SSSR count). The van der Waals surface area contributed by atoms with Crippen LogP contribution in [0.25, 0.3) is 0 Å². The summed E-state index contributed by atoms with van der Waals surface area (Å²) in [6, 6.07) is 0. The lowest BCUT2D eigenvalue weighted by atomic mass is 10.0. The third-order valence-corrected chi connectivity index (χ3v) is 2.41. The van der Waals surface area contributed by atoms with Crippen molar-refractivity contribution in [2.24, 2.45) is 0 Å². The number of amides is 1. The van der Waals surface area contributed by atoms with Crippen LogP contribution in [0, 0.1) is 10.1 Å². The summed E-state index contributed by atoms with van der Waals surface area (Å²) in [6.07, 6.45) is -0.343. The fraction of sp³-hybridized carbons (Fsp3) is 0.900. The number of nitrogens with zero attached hydrogens (tertiary/aromatic N) is 2. The normalized spacial score (nSPS) is 24.8. The van der Waals surface area contributed by atoms with Crippen molar-refractivity contribution in [2.45, 2.75) is 38.4 Å². The number of hydrogen-bond acceptors (Lipinski definition) is 5. The number of carbonyl (C=O) groups excluding carboxylic acids is 1. The van der Waals surface area contributed by atoms with E-state index in [9.17, 15) is 20.0 Å². The predicted molar refractivity (Wildman–Crippen MR) is 59.2 cm³/mol. The molecule has 1 aliphatic heterocycles. The number of aliphatic hydroxyl groups is 1. The average molecular weight is 246 g/mol. The summed E-state index contributed by atoms with van der Waals surface area (Å²) < 4.78 is 5.13. The Hall–Kier alpha value is -1.37. The van der Waals surface area contributed by atoms with E-state index in [-0.39, 0.29) is 19.5 Å². The van der Waals surface area contributed by atoms with Gasteiger partial charge >= 0.3 is 6.09 Å². The van der Waals surface area contributed by atoms with Crippen LogP contribution in [0.1, 0.15) is 27.2 Å². The van der Waals surface area contributed by atoms with Gasteiger partial charge in [-0.2, -0.15) is 0 Å². The van der Waals surface area contributed by atoms with Gasteiger partial charge in [0.1, 0.15) is 11.2 Å². The zero-order valence-corrected chi connectivity index (χ0v) is 10.3. The Kier molecular flexibility index (Phi) is 3.61. The standard InChI is InChI=1S/C10H18N2O5/c1-9(2,3)17-8(13)11-5-4-10(14,6-11)7-12(15)16/h14H,4-7H2,1-3H3. The molecule has 7 nitrogen and oxygen atoms in total. The van der Waals surface area contributed by atoms with Crippen LogP contribution in [0.2, 0.25) is 0 Å². The molecular weight excluding hydrogens is 228 g/mol.